The van der Waals surface area contributed by atoms with Crippen LogP contribution in [0.15, 0.2) is 17.2 Å². The smallest absolute Gasteiger partial charge is 0.151 e. The fraction of sp³-hybridized carbons (Fsp3) is 0.500. The lowest BCUT2D eigenvalue weighted by Crippen LogP contribution is -2.19. The molecule has 1 aromatic rings. The van der Waals surface area contributed by atoms with Crippen LogP contribution in [0.4, 0.5) is 0 Å². The lowest BCUT2D eigenvalue weighted by molar-refractivity contribution is 0.667. The minimum absolute atomic E-state index is 0.158. The highest BCUT2D eigenvalue weighted by Crippen LogP contribution is 2.14. The fourth-order valence-corrected chi connectivity index (χ4v) is 2.76. The summed E-state index contributed by atoms with van der Waals surface area (Å²) in [5.74, 6) is 0. The van der Waals surface area contributed by atoms with Crippen LogP contribution in [0.1, 0.15) is 6.42 Å². The Hall–Kier alpha value is -0.520. The third-order valence-corrected chi connectivity index (χ3v) is 3.97. The third-order valence-electron chi connectivity index (χ3n) is 2.13. The van der Waals surface area contributed by atoms with E-state index in [1.165, 1.54) is 0 Å². The van der Waals surface area contributed by atoms with Crippen molar-refractivity contribution in [3.8, 4) is 0 Å². The number of rotatable bonds is 2. The first-order valence-corrected chi connectivity index (χ1v) is 5.97. The molecule has 2 rings (SSSR count). The monoisotopic (exact) mass is 231 g/mol. The maximum atomic E-state index is 11.9. The van der Waals surface area contributed by atoms with E-state index in [1.807, 2.05) is 0 Å². The Labute approximate surface area is 89.5 Å². The van der Waals surface area contributed by atoms with Crippen molar-refractivity contribution >= 4 is 22.4 Å². The second-order valence-electron chi connectivity index (χ2n) is 3.11. The molecule has 1 fully saturated rings. The third kappa shape index (κ3) is 2.10. The molecular weight excluding hydrogens is 222 g/mol. The topological polar surface area (TPSA) is 54.9 Å². The van der Waals surface area contributed by atoms with Gasteiger partial charge in [0.1, 0.15) is 5.03 Å². The van der Waals surface area contributed by atoms with Crippen molar-refractivity contribution in [1.82, 2.24) is 15.5 Å². The normalized spacial score (nSPS) is 23.6. The molecule has 0 bridgehead atoms. The fourth-order valence-electron chi connectivity index (χ4n) is 1.39. The van der Waals surface area contributed by atoms with Gasteiger partial charge in [0.2, 0.25) is 0 Å². The van der Waals surface area contributed by atoms with E-state index in [0.717, 1.165) is 19.5 Å². The lowest BCUT2D eigenvalue weighted by atomic mass is 10.4. The largest absolute Gasteiger partial charge is 0.315 e. The number of halogens is 1. The van der Waals surface area contributed by atoms with Gasteiger partial charge in [-0.1, -0.05) is 11.6 Å². The van der Waals surface area contributed by atoms with E-state index in [-0.39, 0.29) is 5.25 Å². The Balaban J connectivity index is 2.14. The first-order chi connectivity index (χ1) is 6.77. The van der Waals surface area contributed by atoms with E-state index in [9.17, 15) is 4.21 Å². The van der Waals surface area contributed by atoms with Gasteiger partial charge in [-0.15, -0.1) is 10.2 Å². The number of hydrogen-bond acceptors (Lipinski definition) is 4. The molecule has 4 nitrogen and oxygen atoms in total. The molecule has 0 aromatic carbocycles. The molecule has 1 aliphatic heterocycles. The van der Waals surface area contributed by atoms with Gasteiger partial charge in [-0.05, 0) is 25.1 Å². The minimum Gasteiger partial charge on any atom is -0.315 e. The second-order valence-corrected chi connectivity index (χ2v) is 5.17. The SMILES string of the molecule is O=[S@@](c1ccc(Cl)nn1)[C@@H]1CCNC1. The highest BCUT2D eigenvalue weighted by Gasteiger charge is 2.23. The number of nitrogens with zero attached hydrogens (tertiary/aromatic N) is 2. The van der Waals surface area contributed by atoms with Crippen LogP contribution in [-0.4, -0.2) is 32.7 Å². The summed E-state index contributed by atoms with van der Waals surface area (Å²) < 4.78 is 11.9. The van der Waals surface area contributed by atoms with E-state index in [4.69, 9.17) is 11.6 Å². The summed E-state index contributed by atoms with van der Waals surface area (Å²) in [5.41, 5.74) is 0. The number of aromatic nitrogens is 2. The van der Waals surface area contributed by atoms with Crippen molar-refractivity contribution in [3.05, 3.63) is 17.3 Å². The van der Waals surface area contributed by atoms with Crippen LogP contribution in [0.3, 0.4) is 0 Å². The molecule has 76 valence electrons. The summed E-state index contributed by atoms with van der Waals surface area (Å²) in [4.78, 5) is 0. The van der Waals surface area contributed by atoms with Gasteiger partial charge in [0.15, 0.2) is 5.15 Å². The lowest BCUT2D eigenvalue weighted by Gasteiger charge is -2.06. The Morgan fingerprint density at radius 3 is 2.93 bits per heavy atom. The summed E-state index contributed by atoms with van der Waals surface area (Å²) in [5, 5.41) is 11.7. The zero-order valence-corrected chi connectivity index (χ0v) is 9.01. The average Bonchev–Trinajstić information content (AvgIpc) is 2.71. The maximum Gasteiger partial charge on any atom is 0.151 e. The molecule has 0 spiro atoms. The molecule has 1 aromatic heterocycles. The van der Waals surface area contributed by atoms with E-state index in [1.54, 1.807) is 12.1 Å². The molecule has 0 unspecified atom stereocenters. The molecule has 0 aliphatic carbocycles. The zero-order chi connectivity index (χ0) is 9.97. The van der Waals surface area contributed by atoms with Crippen molar-refractivity contribution in [1.29, 1.82) is 0 Å². The van der Waals surface area contributed by atoms with Crippen LogP contribution >= 0.6 is 11.6 Å². The first kappa shape index (κ1) is 10.0. The molecule has 2 atom stereocenters. The van der Waals surface area contributed by atoms with Crippen molar-refractivity contribution < 1.29 is 4.21 Å². The molecule has 0 radical (unpaired) electrons. The molecule has 14 heavy (non-hydrogen) atoms. The predicted molar refractivity (Wildman–Crippen MR) is 54.7 cm³/mol. The molecule has 1 saturated heterocycles. The average molecular weight is 232 g/mol. The molecule has 2 heterocycles. The molecule has 0 saturated carbocycles. The van der Waals surface area contributed by atoms with Crippen molar-refractivity contribution in [2.45, 2.75) is 16.7 Å². The van der Waals surface area contributed by atoms with Gasteiger partial charge in [0, 0.05) is 6.54 Å². The van der Waals surface area contributed by atoms with Crippen LogP contribution in [-0.2, 0) is 10.8 Å². The molecule has 1 N–H and O–H groups in total. The quantitative estimate of drug-likeness (QED) is 0.810. The first-order valence-electron chi connectivity index (χ1n) is 4.38. The van der Waals surface area contributed by atoms with Crippen LogP contribution in [0, 0.1) is 0 Å². The summed E-state index contributed by atoms with van der Waals surface area (Å²) in [6, 6.07) is 3.29. The van der Waals surface area contributed by atoms with Crippen LogP contribution in [0.2, 0.25) is 5.15 Å². The number of nitrogens with one attached hydrogen (secondary N) is 1. The van der Waals surface area contributed by atoms with Crippen molar-refractivity contribution in [3.63, 3.8) is 0 Å². The summed E-state index contributed by atoms with van der Waals surface area (Å²) in [6.45, 7) is 1.72. The maximum absolute atomic E-state index is 11.9. The van der Waals surface area contributed by atoms with Crippen LogP contribution in [0.25, 0.3) is 0 Å². The van der Waals surface area contributed by atoms with E-state index < -0.39 is 10.8 Å². The zero-order valence-electron chi connectivity index (χ0n) is 7.44. The van der Waals surface area contributed by atoms with Gasteiger partial charge >= 0.3 is 0 Å². The highest BCUT2D eigenvalue weighted by atomic mass is 35.5. The summed E-state index contributed by atoms with van der Waals surface area (Å²) in [7, 11) is -1.06. The van der Waals surface area contributed by atoms with Gasteiger partial charge in [-0.2, -0.15) is 0 Å². The Bertz CT molecular complexity index is 337. The molecule has 0 amide bonds. The molecule has 6 heteroatoms. The Kier molecular flexibility index (Phi) is 3.10. The van der Waals surface area contributed by atoms with Crippen molar-refractivity contribution in [2.75, 3.05) is 13.1 Å². The van der Waals surface area contributed by atoms with Gasteiger partial charge in [0.05, 0.1) is 16.0 Å². The van der Waals surface area contributed by atoms with E-state index in [2.05, 4.69) is 15.5 Å². The van der Waals surface area contributed by atoms with E-state index in [0.29, 0.717) is 10.2 Å². The van der Waals surface area contributed by atoms with E-state index >= 15 is 0 Å². The van der Waals surface area contributed by atoms with Gasteiger partial charge in [-0.25, -0.2) is 0 Å². The van der Waals surface area contributed by atoms with Crippen molar-refractivity contribution in [2.24, 2.45) is 0 Å². The summed E-state index contributed by atoms with van der Waals surface area (Å²) >= 11 is 5.59. The minimum atomic E-state index is -1.06. The van der Waals surface area contributed by atoms with Crippen LogP contribution < -0.4 is 5.32 Å². The van der Waals surface area contributed by atoms with Gasteiger partial charge in [0.25, 0.3) is 0 Å². The van der Waals surface area contributed by atoms with Gasteiger partial charge < -0.3 is 5.32 Å². The summed E-state index contributed by atoms with van der Waals surface area (Å²) in [6.07, 6.45) is 0.927. The Morgan fingerprint density at radius 2 is 2.36 bits per heavy atom. The molecule has 1 aliphatic rings. The van der Waals surface area contributed by atoms with Gasteiger partial charge in [-0.3, -0.25) is 4.21 Å². The standard InChI is InChI=1S/C8H10ClN3OS/c9-7-1-2-8(12-11-7)14(13)6-3-4-10-5-6/h1-2,6,10H,3-5H2/t6-,14-/m1/s1. The second kappa shape index (κ2) is 4.33. The Morgan fingerprint density at radius 1 is 1.50 bits per heavy atom. The number of hydrogen-bond donors (Lipinski definition) is 1. The predicted octanol–water partition coefficient (Wildman–Crippen LogP) is 0.599. The molecular formula is C8H10ClN3OS. The van der Waals surface area contributed by atoms with Crippen LogP contribution in [0.5, 0.6) is 0 Å². The highest BCUT2D eigenvalue weighted by molar-refractivity contribution is 7.85.